The van der Waals surface area contributed by atoms with Gasteiger partial charge < -0.3 is 0 Å². The first-order chi connectivity index (χ1) is 23.8. The monoisotopic (exact) mass is 609 g/mol. The predicted octanol–water partition coefficient (Wildman–Crippen LogP) is 12.9. The molecule has 0 amide bonds. The lowest BCUT2D eigenvalue weighted by molar-refractivity contribution is 1.32. The van der Waals surface area contributed by atoms with Crippen LogP contribution in [0.1, 0.15) is 0 Å². The highest BCUT2D eigenvalue weighted by Crippen LogP contribution is 2.41. The van der Waals surface area contributed by atoms with Gasteiger partial charge in [-0.3, -0.25) is 0 Å². The van der Waals surface area contributed by atoms with Gasteiger partial charge in [0.15, 0.2) is 0 Å². The van der Waals surface area contributed by atoms with E-state index in [9.17, 15) is 0 Å². The molecule has 0 aliphatic carbocycles. The molecule has 48 heavy (non-hydrogen) atoms. The number of aromatic nitrogens is 1. The molecule has 9 rings (SSSR count). The zero-order chi connectivity index (χ0) is 31.9. The molecule has 0 atom stereocenters. The summed E-state index contributed by atoms with van der Waals surface area (Å²) in [6.07, 6.45) is 0. The van der Waals surface area contributed by atoms with Crippen LogP contribution in [-0.4, -0.2) is 4.98 Å². The summed E-state index contributed by atoms with van der Waals surface area (Å²) in [7, 11) is 0. The SMILES string of the molecule is c1ccc(-c2ccc3c4ccccc4c4ccc(-c5ccccc5-c5cc(-c6ccccc6)nc(-c6ccccc6)c5)cc4c3c2)cc1. The first kappa shape index (κ1) is 28.0. The van der Waals surface area contributed by atoms with Crippen LogP contribution in [0.25, 0.3) is 88.2 Å². The fraction of sp³-hybridized carbons (Fsp3) is 0. The molecule has 0 aliphatic heterocycles. The van der Waals surface area contributed by atoms with E-state index in [-0.39, 0.29) is 0 Å². The van der Waals surface area contributed by atoms with Crippen molar-refractivity contribution >= 4 is 32.3 Å². The minimum absolute atomic E-state index is 0.964. The average molecular weight is 610 g/mol. The Labute approximate surface area is 280 Å². The van der Waals surface area contributed by atoms with Crippen molar-refractivity contribution in [2.75, 3.05) is 0 Å². The lowest BCUT2D eigenvalue weighted by Crippen LogP contribution is -1.93. The van der Waals surface area contributed by atoms with Crippen molar-refractivity contribution in [1.82, 2.24) is 4.98 Å². The number of benzene rings is 8. The van der Waals surface area contributed by atoms with Crippen molar-refractivity contribution in [3.05, 3.63) is 188 Å². The maximum absolute atomic E-state index is 5.14. The molecule has 0 fully saturated rings. The van der Waals surface area contributed by atoms with E-state index in [4.69, 9.17) is 4.98 Å². The van der Waals surface area contributed by atoms with Gasteiger partial charge in [-0.15, -0.1) is 0 Å². The minimum Gasteiger partial charge on any atom is -0.248 e. The highest BCUT2D eigenvalue weighted by Gasteiger charge is 2.15. The van der Waals surface area contributed by atoms with Gasteiger partial charge in [-0.1, -0.05) is 164 Å². The zero-order valence-corrected chi connectivity index (χ0v) is 26.3. The summed E-state index contributed by atoms with van der Waals surface area (Å²) in [5.74, 6) is 0. The first-order valence-corrected chi connectivity index (χ1v) is 16.5. The van der Waals surface area contributed by atoms with Gasteiger partial charge in [0, 0.05) is 11.1 Å². The predicted molar refractivity (Wildman–Crippen MR) is 204 cm³/mol. The highest BCUT2D eigenvalue weighted by atomic mass is 14.7. The van der Waals surface area contributed by atoms with Gasteiger partial charge in [0.05, 0.1) is 11.4 Å². The van der Waals surface area contributed by atoms with Gasteiger partial charge in [-0.2, -0.15) is 0 Å². The summed E-state index contributed by atoms with van der Waals surface area (Å²) in [5, 5.41) is 7.64. The maximum Gasteiger partial charge on any atom is 0.0715 e. The Morgan fingerprint density at radius 3 is 1.17 bits per heavy atom. The number of fused-ring (bicyclic) bond motifs is 6. The normalized spacial score (nSPS) is 11.3. The van der Waals surface area contributed by atoms with Gasteiger partial charge >= 0.3 is 0 Å². The summed E-state index contributed by atoms with van der Waals surface area (Å²) in [4.78, 5) is 5.14. The molecule has 0 aliphatic rings. The number of nitrogens with zero attached hydrogens (tertiary/aromatic N) is 1. The fourth-order valence-electron chi connectivity index (χ4n) is 7.12. The third-order valence-corrected chi connectivity index (χ3v) is 9.46. The molecule has 0 bridgehead atoms. The summed E-state index contributed by atoms with van der Waals surface area (Å²) >= 11 is 0. The van der Waals surface area contributed by atoms with E-state index in [2.05, 4.69) is 188 Å². The number of hydrogen-bond acceptors (Lipinski definition) is 1. The second-order valence-corrected chi connectivity index (χ2v) is 12.3. The van der Waals surface area contributed by atoms with Gasteiger partial charge in [-0.25, -0.2) is 4.98 Å². The molecule has 1 heteroatoms. The van der Waals surface area contributed by atoms with Crippen molar-refractivity contribution in [3.8, 4) is 55.9 Å². The Balaban J connectivity index is 1.28. The third-order valence-electron chi connectivity index (χ3n) is 9.46. The Morgan fingerprint density at radius 2 is 0.625 bits per heavy atom. The lowest BCUT2D eigenvalue weighted by Gasteiger charge is -2.16. The molecular weight excluding hydrogens is 579 g/mol. The molecule has 0 spiro atoms. The largest absolute Gasteiger partial charge is 0.248 e. The van der Waals surface area contributed by atoms with Crippen LogP contribution in [0, 0.1) is 0 Å². The van der Waals surface area contributed by atoms with E-state index >= 15 is 0 Å². The van der Waals surface area contributed by atoms with Crippen molar-refractivity contribution in [1.29, 1.82) is 0 Å². The van der Waals surface area contributed by atoms with Gasteiger partial charge in [0.2, 0.25) is 0 Å². The van der Waals surface area contributed by atoms with Crippen molar-refractivity contribution in [2.45, 2.75) is 0 Å². The molecule has 0 saturated carbocycles. The summed E-state index contributed by atoms with van der Waals surface area (Å²) in [5.41, 5.74) is 11.3. The number of pyridine rings is 1. The lowest BCUT2D eigenvalue weighted by atomic mass is 9.88. The molecule has 0 radical (unpaired) electrons. The first-order valence-electron chi connectivity index (χ1n) is 16.5. The molecule has 1 nitrogen and oxygen atoms in total. The number of rotatable bonds is 5. The van der Waals surface area contributed by atoms with E-state index < -0.39 is 0 Å². The Bertz CT molecular complexity index is 2530. The standard InChI is InChI=1S/C47H31N/c1-4-14-32(15-5-1)35-24-26-42-40-22-12-13-23-41(40)43-27-25-36(29-45(43)44(42)28-35)38-20-10-11-21-39(38)37-30-46(33-16-6-2-7-17-33)48-47(31-37)34-18-8-3-9-19-34/h1-31H. The molecule has 0 saturated heterocycles. The third kappa shape index (κ3) is 4.94. The smallest absolute Gasteiger partial charge is 0.0715 e. The Hall–Kier alpha value is -6.31. The van der Waals surface area contributed by atoms with Crippen LogP contribution >= 0.6 is 0 Å². The molecule has 9 aromatic rings. The minimum atomic E-state index is 0.964. The summed E-state index contributed by atoms with van der Waals surface area (Å²) in [6, 6.07) is 67.6. The van der Waals surface area contributed by atoms with Crippen LogP contribution in [0.5, 0.6) is 0 Å². The van der Waals surface area contributed by atoms with E-state index in [1.165, 1.54) is 60.1 Å². The van der Waals surface area contributed by atoms with Gasteiger partial charge in [0.1, 0.15) is 0 Å². The molecule has 0 N–H and O–H groups in total. The highest BCUT2D eigenvalue weighted by molar-refractivity contribution is 6.26. The van der Waals surface area contributed by atoms with E-state index in [1.54, 1.807) is 0 Å². The molecule has 0 unspecified atom stereocenters. The van der Waals surface area contributed by atoms with Crippen LogP contribution in [0.4, 0.5) is 0 Å². The quantitative estimate of drug-likeness (QED) is 0.177. The Kier molecular flexibility index (Phi) is 6.87. The molecule has 8 aromatic carbocycles. The molecular formula is C47H31N. The summed E-state index contributed by atoms with van der Waals surface area (Å²) < 4.78 is 0. The second kappa shape index (κ2) is 11.8. The maximum atomic E-state index is 5.14. The Morgan fingerprint density at radius 1 is 0.229 bits per heavy atom. The van der Waals surface area contributed by atoms with Crippen molar-refractivity contribution in [3.63, 3.8) is 0 Å². The van der Waals surface area contributed by atoms with E-state index in [1.807, 2.05) is 0 Å². The van der Waals surface area contributed by atoms with Crippen LogP contribution in [0.3, 0.4) is 0 Å². The van der Waals surface area contributed by atoms with Crippen molar-refractivity contribution < 1.29 is 0 Å². The van der Waals surface area contributed by atoms with E-state index in [0.29, 0.717) is 0 Å². The topological polar surface area (TPSA) is 12.9 Å². The van der Waals surface area contributed by atoms with Crippen LogP contribution in [-0.2, 0) is 0 Å². The van der Waals surface area contributed by atoms with Gasteiger partial charge in [-0.05, 0) is 90.0 Å². The molecule has 1 aromatic heterocycles. The van der Waals surface area contributed by atoms with E-state index in [0.717, 1.165) is 28.1 Å². The second-order valence-electron chi connectivity index (χ2n) is 12.3. The number of hydrogen-bond donors (Lipinski definition) is 0. The zero-order valence-electron chi connectivity index (χ0n) is 26.3. The average Bonchev–Trinajstić information content (AvgIpc) is 3.18. The fourth-order valence-corrected chi connectivity index (χ4v) is 7.12. The van der Waals surface area contributed by atoms with Crippen LogP contribution < -0.4 is 0 Å². The molecule has 224 valence electrons. The van der Waals surface area contributed by atoms with Crippen molar-refractivity contribution in [2.24, 2.45) is 0 Å². The summed E-state index contributed by atoms with van der Waals surface area (Å²) in [6.45, 7) is 0. The van der Waals surface area contributed by atoms with Crippen LogP contribution in [0.15, 0.2) is 188 Å². The van der Waals surface area contributed by atoms with Gasteiger partial charge in [0.25, 0.3) is 0 Å². The van der Waals surface area contributed by atoms with Crippen LogP contribution in [0.2, 0.25) is 0 Å². The molecule has 1 heterocycles.